The van der Waals surface area contributed by atoms with Crippen molar-refractivity contribution in [2.75, 3.05) is 6.26 Å². The molecule has 1 aromatic carbocycles. The normalized spacial score (nSPS) is 12.4. The van der Waals surface area contributed by atoms with Crippen molar-refractivity contribution in [3.8, 4) is 0 Å². The summed E-state index contributed by atoms with van der Waals surface area (Å²) in [6, 6.07) is 8.16. The molecule has 0 radical (unpaired) electrons. The lowest BCUT2D eigenvalue weighted by molar-refractivity contribution is -0.141. The Morgan fingerprint density at radius 1 is 1.47 bits per heavy atom. The quantitative estimate of drug-likeness (QED) is 0.781. The van der Waals surface area contributed by atoms with Crippen LogP contribution in [0.5, 0.6) is 0 Å². The Kier molecular flexibility index (Phi) is 4.69. The van der Waals surface area contributed by atoms with Crippen molar-refractivity contribution >= 4 is 17.7 Å². The second-order valence-corrected chi connectivity index (χ2v) is 4.44. The fraction of sp³-hybridized carbons (Fsp3) is 0.417. The summed E-state index contributed by atoms with van der Waals surface area (Å²) in [5, 5.41) is 8.78. The first-order chi connectivity index (χ1) is 7.15. The van der Waals surface area contributed by atoms with E-state index in [0.717, 1.165) is 6.42 Å². The fourth-order valence-corrected chi connectivity index (χ4v) is 2.05. The van der Waals surface area contributed by atoms with Gasteiger partial charge in [-0.3, -0.25) is 4.79 Å². The van der Waals surface area contributed by atoms with E-state index in [4.69, 9.17) is 5.11 Å². The minimum Gasteiger partial charge on any atom is -0.481 e. The van der Waals surface area contributed by atoms with Gasteiger partial charge in [0, 0.05) is 4.90 Å². The number of carboxylic acids is 1. The number of hydrogen-bond acceptors (Lipinski definition) is 2. The van der Waals surface area contributed by atoms with Crippen LogP contribution in [0.3, 0.4) is 0 Å². The Bertz CT molecular complexity index is 336. The van der Waals surface area contributed by atoms with E-state index in [2.05, 4.69) is 12.1 Å². The number of rotatable bonds is 5. The van der Waals surface area contributed by atoms with Crippen LogP contribution in [0.15, 0.2) is 29.2 Å². The molecule has 0 saturated heterocycles. The average molecular weight is 224 g/mol. The molecule has 0 heterocycles. The van der Waals surface area contributed by atoms with E-state index >= 15 is 0 Å². The van der Waals surface area contributed by atoms with Crippen LogP contribution in [0, 0.1) is 5.92 Å². The maximum absolute atomic E-state index is 10.7. The summed E-state index contributed by atoms with van der Waals surface area (Å²) in [6.07, 6.45) is 3.58. The molecule has 1 atom stereocenters. The summed E-state index contributed by atoms with van der Waals surface area (Å²) in [7, 11) is 0. The molecular formula is C12H16O2S. The number of hydrogen-bond donors (Lipinski definition) is 1. The smallest absolute Gasteiger partial charge is 0.306 e. The van der Waals surface area contributed by atoms with Crippen molar-refractivity contribution in [2.45, 2.75) is 24.7 Å². The van der Waals surface area contributed by atoms with E-state index in [-0.39, 0.29) is 5.92 Å². The van der Waals surface area contributed by atoms with Crippen molar-refractivity contribution in [3.05, 3.63) is 29.8 Å². The third-order valence-corrected chi connectivity index (χ3v) is 3.30. The number of aliphatic carboxylic acids is 1. The molecule has 1 N–H and O–H groups in total. The molecule has 3 heteroatoms. The van der Waals surface area contributed by atoms with Crippen LogP contribution in [0.2, 0.25) is 0 Å². The van der Waals surface area contributed by atoms with E-state index in [1.165, 1.54) is 10.5 Å². The van der Waals surface area contributed by atoms with Gasteiger partial charge in [0.2, 0.25) is 0 Å². The van der Waals surface area contributed by atoms with Crippen molar-refractivity contribution in [3.63, 3.8) is 0 Å². The van der Waals surface area contributed by atoms with Crippen molar-refractivity contribution in [2.24, 2.45) is 5.92 Å². The number of benzene rings is 1. The van der Waals surface area contributed by atoms with Crippen LogP contribution in [-0.4, -0.2) is 17.3 Å². The second-order valence-electron chi connectivity index (χ2n) is 3.59. The summed E-state index contributed by atoms with van der Waals surface area (Å²) < 4.78 is 0. The molecule has 0 bridgehead atoms. The second kappa shape index (κ2) is 5.81. The first-order valence-electron chi connectivity index (χ1n) is 5.00. The lowest BCUT2D eigenvalue weighted by Crippen LogP contribution is -2.10. The van der Waals surface area contributed by atoms with Crippen molar-refractivity contribution in [1.82, 2.24) is 0 Å². The fourth-order valence-electron chi connectivity index (χ4n) is 1.40. The molecule has 82 valence electrons. The van der Waals surface area contributed by atoms with E-state index < -0.39 is 5.97 Å². The van der Waals surface area contributed by atoms with Crippen LogP contribution in [-0.2, 0) is 11.2 Å². The van der Waals surface area contributed by atoms with Gasteiger partial charge in [0.25, 0.3) is 0 Å². The molecule has 0 aliphatic carbocycles. The largest absolute Gasteiger partial charge is 0.481 e. The van der Waals surface area contributed by atoms with Crippen LogP contribution in [0.1, 0.15) is 18.9 Å². The first kappa shape index (κ1) is 12.1. The number of carboxylic acid groups (broad SMARTS) is 1. The summed E-state index contributed by atoms with van der Waals surface area (Å²) in [5.41, 5.74) is 1.25. The molecule has 15 heavy (non-hydrogen) atoms. The molecule has 0 fully saturated rings. The maximum Gasteiger partial charge on any atom is 0.306 e. The SMILES string of the molecule is CSc1ccccc1CCC(C)C(=O)O. The Morgan fingerprint density at radius 3 is 2.73 bits per heavy atom. The van der Waals surface area contributed by atoms with Gasteiger partial charge < -0.3 is 5.11 Å². The topological polar surface area (TPSA) is 37.3 Å². The Balaban J connectivity index is 2.60. The van der Waals surface area contributed by atoms with Gasteiger partial charge in [-0.15, -0.1) is 11.8 Å². The zero-order valence-corrected chi connectivity index (χ0v) is 9.88. The molecule has 1 unspecified atom stereocenters. The van der Waals surface area contributed by atoms with Gasteiger partial charge in [-0.25, -0.2) is 0 Å². The molecule has 1 aromatic rings. The lowest BCUT2D eigenvalue weighted by atomic mass is 10.0. The standard InChI is InChI=1S/C12H16O2S/c1-9(12(13)14)7-8-10-5-3-4-6-11(10)15-2/h3-6,9H,7-8H2,1-2H3,(H,13,14). The zero-order chi connectivity index (χ0) is 11.3. The molecule has 1 rings (SSSR count). The average Bonchev–Trinajstić information content (AvgIpc) is 2.26. The highest BCUT2D eigenvalue weighted by Crippen LogP contribution is 2.22. The van der Waals surface area contributed by atoms with E-state index in [0.29, 0.717) is 6.42 Å². The van der Waals surface area contributed by atoms with Crippen LogP contribution in [0.4, 0.5) is 0 Å². The summed E-state index contributed by atoms with van der Waals surface area (Å²) >= 11 is 1.71. The molecule has 2 nitrogen and oxygen atoms in total. The highest BCUT2D eigenvalue weighted by molar-refractivity contribution is 7.98. The van der Waals surface area contributed by atoms with Crippen molar-refractivity contribution in [1.29, 1.82) is 0 Å². The minimum absolute atomic E-state index is 0.264. The summed E-state index contributed by atoms with van der Waals surface area (Å²) in [4.78, 5) is 11.9. The highest BCUT2D eigenvalue weighted by Gasteiger charge is 2.11. The van der Waals surface area contributed by atoms with Gasteiger partial charge in [0.05, 0.1) is 5.92 Å². The highest BCUT2D eigenvalue weighted by atomic mass is 32.2. The van der Waals surface area contributed by atoms with Gasteiger partial charge in [0.15, 0.2) is 0 Å². The van der Waals surface area contributed by atoms with Crippen LogP contribution in [0.25, 0.3) is 0 Å². The predicted octanol–water partition coefficient (Wildman–Crippen LogP) is 3.06. The Hall–Kier alpha value is -0.960. The Labute approximate surface area is 94.7 Å². The minimum atomic E-state index is -0.711. The van der Waals surface area contributed by atoms with Crippen molar-refractivity contribution < 1.29 is 9.90 Å². The summed E-state index contributed by atoms with van der Waals surface area (Å²) in [5.74, 6) is -0.975. The molecule has 0 aliphatic heterocycles. The molecule has 0 saturated carbocycles. The lowest BCUT2D eigenvalue weighted by Gasteiger charge is -2.09. The van der Waals surface area contributed by atoms with Gasteiger partial charge in [0.1, 0.15) is 0 Å². The number of carbonyl (C=O) groups is 1. The van der Waals surface area contributed by atoms with E-state index in [1.807, 2.05) is 18.4 Å². The molecule has 0 aromatic heterocycles. The first-order valence-corrected chi connectivity index (χ1v) is 6.22. The molecule has 0 spiro atoms. The number of aryl methyl sites for hydroxylation is 1. The molecule has 0 amide bonds. The third kappa shape index (κ3) is 3.59. The number of thioether (sulfide) groups is 1. The third-order valence-electron chi connectivity index (χ3n) is 2.46. The summed E-state index contributed by atoms with van der Waals surface area (Å²) in [6.45, 7) is 1.75. The maximum atomic E-state index is 10.7. The predicted molar refractivity (Wildman–Crippen MR) is 63.3 cm³/mol. The Morgan fingerprint density at radius 2 is 2.13 bits per heavy atom. The molecular weight excluding hydrogens is 208 g/mol. The van der Waals surface area contributed by atoms with Gasteiger partial charge in [-0.1, -0.05) is 25.1 Å². The van der Waals surface area contributed by atoms with Gasteiger partial charge in [-0.05, 0) is 30.7 Å². The monoisotopic (exact) mass is 224 g/mol. The van der Waals surface area contributed by atoms with Gasteiger partial charge >= 0.3 is 5.97 Å². The van der Waals surface area contributed by atoms with Crippen LogP contribution < -0.4 is 0 Å². The van der Waals surface area contributed by atoms with E-state index in [9.17, 15) is 4.79 Å². The van der Waals surface area contributed by atoms with E-state index in [1.54, 1.807) is 18.7 Å². The van der Waals surface area contributed by atoms with Crippen LogP contribution >= 0.6 is 11.8 Å². The van der Waals surface area contributed by atoms with Gasteiger partial charge in [-0.2, -0.15) is 0 Å². The zero-order valence-electron chi connectivity index (χ0n) is 9.06. The molecule has 0 aliphatic rings.